The summed E-state index contributed by atoms with van der Waals surface area (Å²) < 4.78 is 10.3. The Morgan fingerprint density at radius 2 is 1.86 bits per heavy atom. The number of rotatable bonds is 12. The molecule has 0 unspecified atom stereocenters. The Morgan fingerprint density at radius 3 is 2.56 bits per heavy atom. The fourth-order valence-corrected chi connectivity index (χ4v) is 5.25. The summed E-state index contributed by atoms with van der Waals surface area (Å²) in [6.45, 7) is 7.94. The van der Waals surface area contributed by atoms with Gasteiger partial charge >= 0.3 is 5.97 Å². The highest BCUT2D eigenvalue weighted by molar-refractivity contribution is 7.12. The molecule has 0 saturated carbocycles. The number of hydrogen-bond donors (Lipinski definition) is 2. The zero-order chi connectivity index (χ0) is 26.1. The van der Waals surface area contributed by atoms with Crippen molar-refractivity contribution in [2.45, 2.75) is 64.6 Å². The molecule has 2 aromatic rings. The van der Waals surface area contributed by atoms with E-state index in [4.69, 9.17) is 9.47 Å². The van der Waals surface area contributed by atoms with Crippen LogP contribution in [0.1, 0.15) is 67.7 Å². The van der Waals surface area contributed by atoms with Gasteiger partial charge in [0.15, 0.2) is 5.78 Å². The normalized spacial score (nSPS) is 18.9. The molecule has 1 aliphatic rings. The molecule has 0 spiro atoms. The summed E-state index contributed by atoms with van der Waals surface area (Å²) in [6, 6.07) is 9.33. The van der Waals surface area contributed by atoms with E-state index in [0.29, 0.717) is 48.6 Å². The molecule has 3 atom stereocenters. The summed E-state index contributed by atoms with van der Waals surface area (Å²) in [4.78, 5) is 40.4. The number of carbonyl (C=O) groups is 3. The number of esters is 1. The molecule has 0 bridgehead atoms. The topological polar surface area (TPSA) is 97.0 Å². The van der Waals surface area contributed by atoms with E-state index < -0.39 is 6.04 Å². The summed E-state index contributed by atoms with van der Waals surface area (Å²) in [5.74, 6) is 0.275. The molecule has 1 fully saturated rings. The van der Waals surface area contributed by atoms with E-state index in [1.54, 1.807) is 14.0 Å². The maximum Gasteiger partial charge on any atom is 0.305 e. The van der Waals surface area contributed by atoms with Crippen molar-refractivity contribution in [3.05, 3.63) is 46.2 Å². The third-order valence-electron chi connectivity index (χ3n) is 6.32. The number of ether oxygens (including phenoxy) is 2. The van der Waals surface area contributed by atoms with E-state index in [0.717, 1.165) is 18.7 Å². The van der Waals surface area contributed by atoms with Crippen molar-refractivity contribution < 1.29 is 23.9 Å². The first-order valence-electron chi connectivity index (χ1n) is 12.5. The molecule has 3 rings (SSSR count). The molecular weight excluding hydrogens is 478 g/mol. The number of nitrogens with one attached hydrogen (secondary N) is 2. The zero-order valence-electron chi connectivity index (χ0n) is 21.5. The number of unbranched alkanes of at least 4 members (excludes halogenated alkanes) is 1. The second kappa shape index (κ2) is 13.5. The van der Waals surface area contributed by atoms with Crippen LogP contribution >= 0.6 is 11.3 Å². The van der Waals surface area contributed by atoms with Crippen molar-refractivity contribution in [3.63, 3.8) is 0 Å². The summed E-state index contributed by atoms with van der Waals surface area (Å²) in [7, 11) is 1.58. The van der Waals surface area contributed by atoms with Crippen LogP contribution in [0.3, 0.4) is 0 Å². The quantitative estimate of drug-likeness (QED) is 0.245. The van der Waals surface area contributed by atoms with Crippen LogP contribution in [0.5, 0.6) is 5.75 Å². The maximum atomic E-state index is 13.8. The van der Waals surface area contributed by atoms with Gasteiger partial charge < -0.3 is 20.1 Å². The number of anilines is 1. The number of carbonyl (C=O) groups excluding carboxylic acids is 3. The average molecular weight is 516 g/mol. The molecule has 36 heavy (non-hydrogen) atoms. The highest BCUT2D eigenvalue weighted by atomic mass is 32.1. The molecule has 8 nitrogen and oxygen atoms in total. The number of nitrogens with zero attached hydrogens (tertiary/aromatic N) is 1. The second-order valence-electron chi connectivity index (χ2n) is 9.12. The van der Waals surface area contributed by atoms with Gasteiger partial charge in [-0.15, -0.1) is 11.3 Å². The van der Waals surface area contributed by atoms with Gasteiger partial charge in [-0.05, 0) is 62.8 Å². The van der Waals surface area contributed by atoms with Gasteiger partial charge in [-0.2, -0.15) is 0 Å². The standard InChI is InChI=1S/C27H37N3O5S/c1-5-35-24(32)9-7-6-8-23(31)29-21-12-10-20(11-13-21)25(30-17-18(2)28-16-19(30)3)26(33)27-22(34-4)14-15-36-27/h10-15,18-19,25,28H,5-9,16-17H2,1-4H3,(H,29,31)/t18-,19+,25-/m1/s1. The lowest BCUT2D eigenvalue weighted by atomic mass is 9.95. The number of thiophene rings is 1. The minimum Gasteiger partial charge on any atom is -0.495 e. The summed E-state index contributed by atoms with van der Waals surface area (Å²) >= 11 is 1.39. The number of benzene rings is 1. The summed E-state index contributed by atoms with van der Waals surface area (Å²) in [5, 5.41) is 8.26. The fraction of sp³-hybridized carbons (Fsp3) is 0.519. The summed E-state index contributed by atoms with van der Waals surface area (Å²) in [5.41, 5.74) is 1.56. The monoisotopic (exact) mass is 515 g/mol. The van der Waals surface area contributed by atoms with E-state index in [1.807, 2.05) is 35.7 Å². The number of amides is 1. The van der Waals surface area contributed by atoms with Gasteiger partial charge in [0.2, 0.25) is 5.91 Å². The van der Waals surface area contributed by atoms with Crippen molar-refractivity contribution >= 4 is 34.7 Å². The van der Waals surface area contributed by atoms with Gasteiger partial charge in [0, 0.05) is 43.7 Å². The first-order chi connectivity index (χ1) is 17.3. The van der Waals surface area contributed by atoms with Crippen LogP contribution in [0.15, 0.2) is 35.7 Å². The van der Waals surface area contributed by atoms with Crippen LogP contribution in [0.4, 0.5) is 5.69 Å². The van der Waals surface area contributed by atoms with E-state index in [1.165, 1.54) is 11.3 Å². The molecule has 0 radical (unpaired) electrons. The van der Waals surface area contributed by atoms with E-state index in [2.05, 4.69) is 29.4 Å². The van der Waals surface area contributed by atoms with Crippen LogP contribution < -0.4 is 15.4 Å². The van der Waals surface area contributed by atoms with Gasteiger partial charge in [0.1, 0.15) is 16.7 Å². The maximum absolute atomic E-state index is 13.8. The van der Waals surface area contributed by atoms with Crippen molar-refractivity contribution in [3.8, 4) is 5.75 Å². The summed E-state index contributed by atoms with van der Waals surface area (Å²) in [6.07, 6.45) is 1.88. The van der Waals surface area contributed by atoms with Gasteiger partial charge in [-0.3, -0.25) is 19.3 Å². The van der Waals surface area contributed by atoms with Gasteiger partial charge in [-0.1, -0.05) is 12.1 Å². The third-order valence-corrected chi connectivity index (χ3v) is 7.23. The Hall–Kier alpha value is -2.75. The number of methoxy groups -OCH3 is 1. The minimum atomic E-state index is -0.454. The lowest BCUT2D eigenvalue weighted by Crippen LogP contribution is -2.56. The van der Waals surface area contributed by atoms with E-state index >= 15 is 0 Å². The van der Waals surface area contributed by atoms with Crippen LogP contribution in [0.25, 0.3) is 0 Å². The number of hydrogen-bond acceptors (Lipinski definition) is 8. The molecule has 9 heteroatoms. The lowest BCUT2D eigenvalue weighted by molar-refractivity contribution is -0.143. The average Bonchev–Trinajstić information content (AvgIpc) is 3.34. The molecule has 2 N–H and O–H groups in total. The van der Waals surface area contributed by atoms with Crippen LogP contribution in [-0.4, -0.2) is 61.4 Å². The van der Waals surface area contributed by atoms with Crippen molar-refractivity contribution in [2.24, 2.45) is 0 Å². The highest BCUT2D eigenvalue weighted by Crippen LogP contribution is 2.35. The Kier molecular flexibility index (Phi) is 10.5. The second-order valence-corrected chi connectivity index (χ2v) is 10.0. The molecule has 1 aromatic heterocycles. The SMILES string of the molecule is CCOC(=O)CCCCC(=O)Nc1ccc([C@H](C(=O)c2sccc2OC)N2C[C@@H](C)NC[C@@H]2C)cc1. The third kappa shape index (κ3) is 7.38. The molecule has 2 heterocycles. The predicted molar refractivity (Wildman–Crippen MR) is 142 cm³/mol. The first-order valence-corrected chi connectivity index (χ1v) is 13.4. The predicted octanol–water partition coefficient (Wildman–Crippen LogP) is 4.42. The fourth-order valence-electron chi connectivity index (χ4n) is 4.43. The molecule has 1 saturated heterocycles. The Labute approximate surface area is 217 Å². The smallest absolute Gasteiger partial charge is 0.305 e. The first kappa shape index (κ1) is 27.8. The van der Waals surface area contributed by atoms with Crippen LogP contribution in [0.2, 0.25) is 0 Å². The Bertz CT molecular complexity index is 1020. The van der Waals surface area contributed by atoms with Crippen LogP contribution in [-0.2, 0) is 14.3 Å². The van der Waals surface area contributed by atoms with Gasteiger partial charge in [0.25, 0.3) is 0 Å². The van der Waals surface area contributed by atoms with Crippen molar-refractivity contribution in [1.29, 1.82) is 0 Å². The Balaban J connectivity index is 1.70. The number of Topliss-reactive ketones (excluding diaryl/α,β-unsaturated/α-hetero) is 1. The molecule has 0 aliphatic carbocycles. The van der Waals surface area contributed by atoms with Crippen LogP contribution in [0, 0.1) is 0 Å². The number of piperazine rings is 1. The molecule has 196 valence electrons. The van der Waals surface area contributed by atoms with E-state index in [9.17, 15) is 14.4 Å². The minimum absolute atomic E-state index is 0.0150. The molecule has 1 aromatic carbocycles. The van der Waals surface area contributed by atoms with Gasteiger partial charge in [0.05, 0.1) is 13.7 Å². The molecule has 1 aliphatic heterocycles. The number of ketones is 1. The zero-order valence-corrected chi connectivity index (χ0v) is 22.4. The molecular formula is C27H37N3O5S. The lowest BCUT2D eigenvalue weighted by Gasteiger charge is -2.42. The largest absolute Gasteiger partial charge is 0.495 e. The Morgan fingerprint density at radius 1 is 1.14 bits per heavy atom. The molecule has 1 amide bonds. The van der Waals surface area contributed by atoms with E-state index in [-0.39, 0.29) is 29.7 Å². The van der Waals surface area contributed by atoms with Gasteiger partial charge in [-0.25, -0.2) is 0 Å². The highest BCUT2D eigenvalue weighted by Gasteiger charge is 2.36. The van der Waals surface area contributed by atoms with Crippen molar-refractivity contribution in [2.75, 3.05) is 32.1 Å². The van der Waals surface area contributed by atoms with Crippen molar-refractivity contribution in [1.82, 2.24) is 10.2 Å².